The first kappa shape index (κ1) is 15.6. The van der Waals surface area contributed by atoms with Crippen LogP contribution in [0.3, 0.4) is 0 Å². The molecule has 0 aromatic carbocycles. The average molecular weight is 277 g/mol. The van der Waals surface area contributed by atoms with Gasteiger partial charge in [-0.3, -0.25) is 4.68 Å². The Hall–Kier alpha value is -0.830. The fourth-order valence-corrected chi connectivity index (χ4v) is 3.44. The second kappa shape index (κ2) is 7.26. The summed E-state index contributed by atoms with van der Waals surface area (Å²) >= 11 is 0. The van der Waals surface area contributed by atoms with Gasteiger partial charge in [-0.05, 0) is 63.5 Å². The lowest BCUT2D eigenvalue weighted by Crippen LogP contribution is -2.41. The Bertz CT molecular complexity index is 399. The molecule has 3 heteroatoms. The molecule has 20 heavy (non-hydrogen) atoms. The number of nitrogens with one attached hydrogen (secondary N) is 1. The molecule has 1 fully saturated rings. The molecule has 0 amide bonds. The predicted molar refractivity (Wildman–Crippen MR) is 84.9 cm³/mol. The van der Waals surface area contributed by atoms with Crippen molar-refractivity contribution in [1.29, 1.82) is 0 Å². The zero-order valence-electron chi connectivity index (χ0n) is 13.6. The van der Waals surface area contributed by atoms with Crippen LogP contribution in [0.2, 0.25) is 0 Å². The molecule has 4 atom stereocenters. The van der Waals surface area contributed by atoms with Gasteiger partial charge in [-0.15, -0.1) is 0 Å². The molecule has 2 rings (SSSR count). The largest absolute Gasteiger partial charge is 0.314 e. The van der Waals surface area contributed by atoms with E-state index in [1.165, 1.54) is 25.0 Å². The maximum Gasteiger partial charge on any atom is 0.0628 e. The third kappa shape index (κ3) is 3.85. The molecule has 1 N–H and O–H groups in total. The van der Waals surface area contributed by atoms with Gasteiger partial charge < -0.3 is 5.32 Å². The Morgan fingerprint density at radius 2 is 2.20 bits per heavy atom. The Morgan fingerprint density at radius 3 is 2.90 bits per heavy atom. The zero-order chi connectivity index (χ0) is 14.5. The fourth-order valence-electron chi connectivity index (χ4n) is 3.44. The van der Waals surface area contributed by atoms with Crippen molar-refractivity contribution in [3.8, 4) is 0 Å². The van der Waals surface area contributed by atoms with Gasteiger partial charge in [0.25, 0.3) is 0 Å². The number of hydrogen-bond donors (Lipinski definition) is 1. The first-order valence-electron chi connectivity index (χ1n) is 8.41. The lowest BCUT2D eigenvalue weighted by Gasteiger charge is -2.35. The van der Waals surface area contributed by atoms with Crippen molar-refractivity contribution in [1.82, 2.24) is 15.1 Å². The molecule has 1 aromatic rings. The van der Waals surface area contributed by atoms with Crippen LogP contribution in [0.15, 0.2) is 12.3 Å². The molecule has 4 unspecified atom stereocenters. The smallest absolute Gasteiger partial charge is 0.0628 e. The van der Waals surface area contributed by atoms with Gasteiger partial charge in [0.15, 0.2) is 0 Å². The van der Waals surface area contributed by atoms with E-state index in [9.17, 15) is 0 Å². The Labute approximate surface area is 124 Å². The average Bonchev–Trinajstić information content (AvgIpc) is 2.89. The van der Waals surface area contributed by atoms with Crippen molar-refractivity contribution in [2.75, 3.05) is 6.54 Å². The van der Waals surface area contributed by atoms with Crippen molar-refractivity contribution in [3.63, 3.8) is 0 Å². The molecule has 0 radical (unpaired) electrons. The molecular formula is C17H31N3. The molecule has 1 aliphatic carbocycles. The number of hydrogen-bond acceptors (Lipinski definition) is 2. The van der Waals surface area contributed by atoms with Gasteiger partial charge >= 0.3 is 0 Å². The summed E-state index contributed by atoms with van der Waals surface area (Å²) in [5.41, 5.74) is 1.27. The number of nitrogens with zero attached hydrogens (tertiary/aromatic N) is 2. The van der Waals surface area contributed by atoms with E-state index in [-0.39, 0.29) is 0 Å². The minimum Gasteiger partial charge on any atom is -0.314 e. The van der Waals surface area contributed by atoms with Gasteiger partial charge in [0.1, 0.15) is 0 Å². The van der Waals surface area contributed by atoms with Crippen molar-refractivity contribution in [3.05, 3.63) is 18.0 Å². The topological polar surface area (TPSA) is 29.9 Å². The van der Waals surface area contributed by atoms with E-state index in [1.807, 2.05) is 0 Å². The van der Waals surface area contributed by atoms with Crippen LogP contribution in [0.1, 0.15) is 65.1 Å². The monoisotopic (exact) mass is 277 g/mol. The quantitative estimate of drug-likeness (QED) is 0.857. The third-order valence-corrected chi connectivity index (χ3v) is 4.89. The molecule has 0 saturated heterocycles. The lowest BCUT2D eigenvalue weighted by atomic mass is 9.76. The number of aromatic nitrogens is 2. The van der Waals surface area contributed by atoms with E-state index >= 15 is 0 Å². The molecule has 1 aromatic heterocycles. The van der Waals surface area contributed by atoms with Gasteiger partial charge in [0.2, 0.25) is 0 Å². The second-order valence-electron chi connectivity index (χ2n) is 6.59. The van der Waals surface area contributed by atoms with Gasteiger partial charge in [-0.1, -0.05) is 20.8 Å². The number of rotatable bonds is 6. The van der Waals surface area contributed by atoms with Crippen molar-refractivity contribution in [2.24, 2.45) is 11.8 Å². The van der Waals surface area contributed by atoms with Crippen molar-refractivity contribution < 1.29 is 0 Å². The Kier molecular flexibility index (Phi) is 5.64. The van der Waals surface area contributed by atoms with Crippen LogP contribution in [-0.2, 0) is 6.42 Å². The molecule has 0 spiro atoms. The summed E-state index contributed by atoms with van der Waals surface area (Å²) in [4.78, 5) is 0. The molecule has 1 heterocycles. The highest BCUT2D eigenvalue weighted by Gasteiger charge is 2.28. The first-order valence-corrected chi connectivity index (χ1v) is 8.41. The van der Waals surface area contributed by atoms with Crippen molar-refractivity contribution in [2.45, 2.75) is 71.9 Å². The van der Waals surface area contributed by atoms with Crippen LogP contribution in [0.4, 0.5) is 0 Å². The van der Waals surface area contributed by atoms with E-state index < -0.39 is 0 Å². The maximum absolute atomic E-state index is 4.78. The first-order chi connectivity index (χ1) is 9.63. The molecule has 1 aliphatic rings. The van der Waals surface area contributed by atoms with E-state index in [2.05, 4.69) is 50.0 Å². The van der Waals surface area contributed by atoms with Gasteiger partial charge in [-0.2, -0.15) is 5.10 Å². The Balaban J connectivity index is 2.00. The van der Waals surface area contributed by atoms with E-state index in [1.54, 1.807) is 0 Å². The fraction of sp³-hybridized carbons (Fsp3) is 0.824. The summed E-state index contributed by atoms with van der Waals surface area (Å²) in [6.45, 7) is 10.1. The molecule has 3 nitrogen and oxygen atoms in total. The van der Waals surface area contributed by atoms with E-state index in [0.717, 1.165) is 31.2 Å². The minimum atomic E-state index is 0.513. The summed E-state index contributed by atoms with van der Waals surface area (Å²) in [5.74, 6) is 1.62. The van der Waals surface area contributed by atoms with E-state index in [0.29, 0.717) is 12.1 Å². The van der Waals surface area contributed by atoms with E-state index in [4.69, 9.17) is 5.10 Å². The molecule has 0 aliphatic heterocycles. The minimum absolute atomic E-state index is 0.513. The normalized spacial score (nSPS) is 28.5. The Morgan fingerprint density at radius 1 is 1.40 bits per heavy atom. The SMILES string of the molecule is CCNC1CCC(C)CC1Cc1ccn(C(C)CC)n1. The maximum atomic E-state index is 4.78. The van der Waals surface area contributed by atoms with Gasteiger partial charge in [0, 0.05) is 18.3 Å². The van der Waals surface area contributed by atoms with Crippen LogP contribution in [0.5, 0.6) is 0 Å². The molecule has 114 valence electrons. The summed E-state index contributed by atoms with van der Waals surface area (Å²) in [6, 6.07) is 3.41. The van der Waals surface area contributed by atoms with Crippen molar-refractivity contribution >= 4 is 0 Å². The molecular weight excluding hydrogens is 246 g/mol. The van der Waals surface area contributed by atoms with Crippen LogP contribution >= 0.6 is 0 Å². The van der Waals surface area contributed by atoms with Crippen LogP contribution in [-0.4, -0.2) is 22.4 Å². The van der Waals surface area contributed by atoms with Crippen LogP contribution in [0.25, 0.3) is 0 Å². The van der Waals surface area contributed by atoms with Gasteiger partial charge in [0.05, 0.1) is 5.69 Å². The lowest BCUT2D eigenvalue weighted by molar-refractivity contribution is 0.212. The van der Waals surface area contributed by atoms with Crippen LogP contribution in [0, 0.1) is 11.8 Å². The highest BCUT2D eigenvalue weighted by molar-refractivity contribution is 5.03. The zero-order valence-corrected chi connectivity index (χ0v) is 13.6. The summed E-state index contributed by atoms with van der Waals surface area (Å²) < 4.78 is 2.13. The van der Waals surface area contributed by atoms with Gasteiger partial charge in [-0.25, -0.2) is 0 Å². The summed E-state index contributed by atoms with van der Waals surface area (Å²) in [7, 11) is 0. The highest BCUT2D eigenvalue weighted by Crippen LogP contribution is 2.31. The molecule has 0 bridgehead atoms. The standard InChI is InChI=1S/C17H31N3/c1-5-14(4)20-10-9-16(19-20)12-15-11-13(3)7-8-17(15)18-6-2/h9-10,13-15,17-18H,5-8,11-12H2,1-4H3. The third-order valence-electron chi connectivity index (χ3n) is 4.89. The molecule has 1 saturated carbocycles. The van der Waals surface area contributed by atoms with Crippen LogP contribution < -0.4 is 5.32 Å². The summed E-state index contributed by atoms with van der Waals surface area (Å²) in [5, 5.41) is 8.47. The second-order valence-corrected chi connectivity index (χ2v) is 6.59. The predicted octanol–water partition coefficient (Wildman–Crippen LogP) is 3.81. The summed E-state index contributed by atoms with van der Waals surface area (Å²) in [6.07, 6.45) is 8.46. The highest BCUT2D eigenvalue weighted by atomic mass is 15.3.